The van der Waals surface area contributed by atoms with Gasteiger partial charge in [-0.2, -0.15) is 0 Å². The van der Waals surface area contributed by atoms with Gasteiger partial charge in [-0.25, -0.2) is 0 Å². The second-order valence-electron chi connectivity index (χ2n) is 7.14. The van der Waals surface area contributed by atoms with Crippen molar-refractivity contribution in [1.82, 2.24) is 5.32 Å². The van der Waals surface area contributed by atoms with Gasteiger partial charge in [0.05, 0.1) is 0 Å². The minimum atomic E-state index is -0.0491. The topological polar surface area (TPSA) is 32.3 Å². The van der Waals surface area contributed by atoms with Crippen LogP contribution in [0.2, 0.25) is 0 Å². The number of anilines is 1. The molecule has 1 saturated heterocycles. The number of carbonyl (C=O) groups excluding carboxylic acids is 1. The van der Waals surface area contributed by atoms with Crippen LogP contribution in [0.25, 0.3) is 0 Å². The maximum Gasteiger partial charge on any atom is 0.246 e. The summed E-state index contributed by atoms with van der Waals surface area (Å²) in [6.45, 7) is 11.6. The van der Waals surface area contributed by atoms with Crippen LogP contribution >= 0.6 is 0 Å². The monoisotopic (exact) mass is 284 g/mol. The van der Waals surface area contributed by atoms with E-state index in [9.17, 15) is 4.79 Å². The molecule has 1 N–H and O–H groups in total. The lowest BCUT2D eigenvalue weighted by molar-refractivity contribution is -0.122. The molecule has 0 aliphatic carbocycles. The first kappa shape index (κ1) is 14.2. The molecule has 3 heteroatoms. The Hall–Kier alpha value is -1.77. The van der Waals surface area contributed by atoms with E-state index in [0.29, 0.717) is 0 Å². The fourth-order valence-corrected chi connectivity index (χ4v) is 3.55. The largest absolute Gasteiger partial charge is 0.359 e. The van der Waals surface area contributed by atoms with E-state index < -0.39 is 0 Å². The van der Waals surface area contributed by atoms with Gasteiger partial charge in [0.15, 0.2) is 0 Å². The van der Waals surface area contributed by atoms with E-state index in [-0.39, 0.29) is 17.4 Å². The van der Waals surface area contributed by atoms with Gasteiger partial charge in [0.2, 0.25) is 5.91 Å². The van der Waals surface area contributed by atoms with Crippen molar-refractivity contribution < 1.29 is 4.79 Å². The predicted octanol–water partition coefficient (Wildman–Crippen LogP) is 3.14. The number of carbonyl (C=O) groups is 1. The predicted molar refractivity (Wildman–Crippen MR) is 86.5 cm³/mol. The first-order chi connectivity index (χ1) is 9.88. The molecule has 1 fully saturated rings. The summed E-state index contributed by atoms with van der Waals surface area (Å²) in [7, 11) is 0. The van der Waals surface area contributed by atoms with Gasteiger partial charge in [-0.15, -0.1) is 0 Å². The number of nitrogens with zero attached hydrogens (tertiary/aromatic N) is 1. The Balaban J connectivity index is 1.94. The summed E-state index contributed by atoms with van der Waals surface area (Å²) in [5.41, 5.74) is 5.06. The Morgan fingerprint density at radius 1 is 1.29 bits per heavy atom. The highest BCUT2D eigenvalue weighted by atomic mass is 16.2. The summed E-state index contributed by atoms with van der Waals surface area (Å²) in [5.74, 6) is 0.0975. The summed E-state index contributed by atoms with van der Waals surface area (Å²) in [6.07, 6.45) is 2.78. The van der Waals surface area contributed by atoms with Gasteiger partial charge in [0.1, 0.15) is 6.04 Å². The number of benzene rings is 1. The zero-order chi connectivity index (χ0) is 15.2. The molecular weight excluding hydrogens is 260 g/mol. The average Bonchev–Trinajstić information content (AvgIpc) is 2.81. The molecule has 0 bridgehead atoms. The summed E-state index contributed by atoms with van der Waals surface area (Å²) in [6, 6.07) is 6.46. The van der Waals surface area contributed by atoms with Gasteiger partial charge in [-0.1, -0.05) is 39.5 Å². The lowest BCUT2D eigenvalue weighted by atomic mass is 9.83. The first-order valence-electron chi connectivity index (χ1n) is 7.75. The summed E-state index contributed by atoms with van der Waals surface area (Å²) < 4.78 is 0. The zero-order valence-corrected chi connectivity index (χ0v) is 13.2. The van der Waals surface area contributed by atoms with Crippen molar-refractivity contribution in [3.05, 3.63) is 41.6 Å². The molecule has 0 radical (unpaired) electrons. The number of hydrogen-bond acceptors (Lipinski definition) is 2. The molecule has 2 aliphatic rings. The Morgan fingerprint density at radius 2 is 2.05 bits per heavy atom. The normalized spacial score (nSPS) is 22.2. The summed E-state index contributed by atoms with van der Waals surface area (Å²) >= 11 is 0. The molecule has 1 aromatic carbocycles. The lowest BCUT2D eigenvalue weighted by Gasteiger charge is -2.33. The van der Waals surface area contributed by atoms with E-state index >= 15 is 0 Å². The molecule has 3 rings (SSSR count). The van der Waals surface area contributed by atoms with Crippen molar-refractivity contribution in [3.63, 3.8) is 0 Å². The van der Waals surface area contributed by atoms with Gasteiger partial charge in [0, 0.05) is 17.9 Å². The standard InChI is InChI=1S/C18H24N2O/c1-12-8-9-16(17(21)19-12)20-11-10-13-14(18(2,3)4)6-5-7-15(13)20/h5-7,16H,1,8-11H2,2-4H3,(H,19,21). The molecule has 21 heavy (non-hydrogen) atoms. The summed E-state index contributed by atoms with van der Waals surface area (Å²) in [5, 5.41) is 2.91. The van der Waals surface area contributed by atoms with E-state index in [1.165, 1.54) is 16.8 Å². The van der Waals surface area contributed by atoms with Crippen LogP contribution in [-0.4, -0.2) is 18.5 Å². The van der Waals surface area contributed by atoms with Crippen molar-refractivity contribution in [1.29, 1.82) is 0 Å². The number of fused-ring (bicyclic) bond motifs is 1. The Bertz CT molecular complexity index is 598. The fourth-order valence-electron chi connectivity index (χ4n) is 3.55. The maximum atomic E-state index is 12.3. The Morgan fingerprint density at radius 3 is 2.71 bits per heavy atom. The quantitative estimate of drug-likeness (QED) is 0.859. The maximum absolute atomic E-state index is 12.3. The number of allylic oxidation sites excluding steroid dienone is 1. The Kier molecular flexibility index (Phi) is 3.31. The van der Waals surface area contributed by atoms with E-state index in [0.717, 1.165) is 31.5 Å². The van der Waals surface area contributed by atoms with Crippen LogP contribution in [0.4, 0.5) is 5.69 Å². The van der Waals surface area contributed by atoms with Crippen molar-refractivity contribution in [2.24, 2.45) is 0 Å². The number of nitrogens with one attached hydrogen (secondary N) is 1. The fraction of sp³-hybridized carbons (Fsp3) is 0.500. The van der Waals surface area contributed by atoms with Crippen LogP contribution in [0.3, 0.4) is 0 Å². The number of piperidine rings is 1. The molecule has 0 saturated carbocycles. The SMILES string of the molecule is C=C1CCC(N2CCc3c2cccc3C(C)(C)C)C(=O)N1. The van der Waals surface area contributed by atoms with Gasteiger partial charge in [0.25, 0.3) is 0 Å². The number of amides is 1. The molecule has 2 aliphatic heterocycles. The van der Waals surface area contributed by atoms with Gasteiger partial charge in [-0.3, -0.25) is 4.79 Å². The van der Waals surface area contributed by atoms with Crippen molar-refractivity contribution >= 4 is 11.6 Å². The van der Waals surface area contributed by atoms with E-state index in [1.807, 2.05) is 0 Å². The van der Waals surface area contributed by atoms with Gasteiger partial charge >= 0.3 is 0 Å². The molecular formula is C18H24N2O. The van der Waals surface area contributed by atoms with Crippen LogP contribution in [0.1, 0.15) is 44.7 Å². The molecule has 3 nitrogen and oxygen atoms in total. The number of hydrogen-bond donors (Lipinski definition) is 1. The highest BCUT2D eigenvalue weighted by Gasteiger charge is 2.35. The zero-order valence-electron chi connectivity index (χ0n) is 13.2. The van der Waals surface area contributed by atoms with Crippen molar-refractivity contribution in [2.75, 3.05) is 11.4 Å². The van der Waals surface area contributed by atoms with Gasteiger partial charge < -0.3 is 10.2 Å². The highest BCUT2D eigenvalue weighted by molar-refractivity contribution is 5.88. The first-order valence-corrected chi connectivity index (χ1v) is 7.75. The van der Waals surface area contributed by atoms with Crippen LogP contribution in [-0.2, 0) is 16.6 Å². The van der Waals surface area contributed by atoms with E-state index in [1.54, 1.807) is 0 Å². The van der Waals surface area contributed by atoms with Crippen molar-refractivity contribution in [2.45, 2.75) is 51.5 Å². The molecule has 112 valence electrons. The minimum absolute atomic E-state index is 0.0491. The molecule has 1 amide bonds. The van der Waals surface area contributed by atoms with E-state index in [2.05, 4.69) is 55.8 Å². The van der Waals surface area contributed by atoms with Crippen LogP contribution < -0.4 is 10.2 Å². The van der Waals surface area contributed by atoms with Gasteiger partial charge in [-0.05, 0) is 41.9 Å². The van der Waals surface area contributed by atoms with Crippen molar-refractivity contribution in [3.8, 4) is 0 Å². The van der Waals surface area contributed by atoms with Crippen LogP contribution in [0.5, 0.6) is 0 Å². The molecule has 2 heterocycles. The molecule has 0 aromatic heterocycles. The second kappa shape index (κ2) is 4.90. The highest BCUT2D eigenvalue weighted by Crippen LogP contribution is 2.38. The lowest BCUT2D eigenvalue weighted by Crippen LogP contribution is -2.49. The minimum Gasteiger partial charge on any atom is -0.359 e. The third-order valence-corrected chi connectivity index (χ3v) is 4.57. The Labute approximate surface area is 127 Å². The van der Waals surface area contributed by atoms with E-state index in [4.69, 9.17) is 0 Å². The third-order valence-electron chi connectivity index (χ3n) is 4.57. The van der Waals surface area contributed by atoms with Crippen LogP contribution in [0, 0.1) is 0 Å². The number of rotatable bonds is 1. The average molecular weight is 284 g/mol. The third kappa shape index (κ3) is 2.45. The molecule has 1 unspecified atom stereocenters. The van der Waals surface area contributed by atoms with Crippen LogP contribution in [0.15, 0.2) is 30.5 Å². The smallest absolute Gasteiger partial charge is 0.246 e. The summed E-state index contributed by atoms with van der Waals surface area (Å²) in [4.78, 5) is 14.6. The second-order valence-corrected chi connectivity index (χ2v) is 7.14. The molecule has 1 aromatic rings. The molecule has 1 atom stereocenters. The molecule has 0 spiro atoms.